The molecule has 122 valence electrons. The van der Waals surface area contributed by atoms with Crippen molar-refractivity contribution in [3.63, 3.8) is 0 Å². The van der Waals surface area contributed by atoms with Crippen molar-refractivity contribution in [2.24, 2.45) is 5.92 Å². The third kappa shape index (κ3) is 3.79. The van der Waals surface area contributed by atoms with Crippen LogP contribution in [0.15, 0.2) is 36.5 Å². The molecule has 1 aliphatic rings. The van der Waals surface area contributed by atoms with Crippen molar-refractivity contribution in [1.29, 1.82) is 0 Å². The maximum atomic E-state index is 12.5. The smallest absolute Gasteiger partial charge is 0.254 e. The van der Waals surface area contributed by atoms with Gasteiger partial charge >= 0.3 is 0 Å². The van der Waals surface area contributed by atoms with Gasteiger partial charge in [-0.05, 0) is 12.0 Å². The summed E-state index contributed by atoms with van der Waals surface area (Å²) in [4.78, 5) is 12.5. The molecule has 0 unspecified atom stereocenters. The van der Waals surface area contributed by atoms with Crippen LogP contribution in [0, 0.1) is 5.92 Å². The lowest BCUT2D eigenvalue weighted by Gasteiger charge is -2.27. The van der Waals surface area contributed by atoms with Crippen molar-refractivity contribution < 1.29 is 4.79 Å². The normalized spacial score (nSPS) is 14.5. The molecule has 1 amide bonds. The average Bonchev–Trinajstić information content (AvgIpc) is 2.90. The Kier molecular flexibility index (Phi) is 5.08. The van der Waals surface area contributed by atoms with Crippen LogP contribution >= 0.6 is 0 Å². The molecular formula is C18H24N4O. The third-order valence-electron chi connectivity index (χ3n) is 4.27. The Morgan fingerprint density at radius 3 is 2.78 bits per heavy atom. The highest BCUT2D eigenvalue weighted by molar-refractivity contribution is 5.95. The molecule has 1 aromatic carbocycles. The third-order valence-corrected chi connectivity index (χ3v) is 4.27. The standard InChI is InChI=1S/C18H24N4O/c1-2-6-17-16(18(23)20-11-15-9-19-10-15)12-21-22(17)13-14-7-4-3-5-8-14/h3-5,7-8,12,15,19H,2,6,9-11,13H2,1H3,(H,20,23). The highest BCUT2D eigenvalue weighted by Gasteiger charge is 2.20. The van der Waals surface area contributed by atoms with E-state index in [1.807, 2.05) is 22.9 Å². The van der Waals surface area contributed by atoms with E-state index in [1.165, 1.54) is 5.56 Å². The fourth-order valence-corrected chi connectivity index (χ4v) is 2.82. The van der Waals surface area contributed by atoms with Crippen molar-refractivity contribution in [1.82, 2.24) is 20.4 Å². The van der Waals surface area contributed by atoms with Crippen LogP contribution < -0.4 is 10.6 Å². The Bertz CT molecular complexity index is 646. The zero-order chi connectivity index (χ0) is 16.1. The van der Waals surface area contributed by atoms with Gasteiger partial charge in [0, 0.05) is 25.6 Å². The molecular weight excluding hydrogens is 288 g/mol. The molecule has 3 rings (SSSR count). The maximum absolute atomic E-state index is 12.5. The molecule has 2 heterocycles. The van der Waals surface area contributed by atoms with Gasteiger partial charge < -0.3 is 10.6 Å². The Morgan fingerprint density at radius 2 is 2.13 bits per heavy atom. The monoisotopic (exact) mass is 312 g/mol. The summed E-state index contributed by atoms with van der Waals surface area (Å²) in [7, 11) is 0. The second-order valence-corrected chi connectivity index (χ2v) is 6.13. The first-order valence-electron chi connectivity index (χ1n) is 8.35. The highest BCUT2D eigenvalue weighted by Crippen LogP contribution is 2.14. The van der Waals surface area contributed by atoms with Gasteiger partial charge in [-0.3, -0.25) is 9.48 Å². The lowest BCUT2D eigenvalue weighted by Crippen LogP contribution is -2.48. The molecule has 5 nitrogen and oxygen atoms in total. The van der Waals surface area contributed by atoms with E-state index >= 15 is 0 Å². The van der Waals surface area contributed by atoms with E-state index in [-0.39, 0.29) is 5.91 Å². The zero-order valence-corrected chi connectivity index (χ0v) is 13.6. The molecule has 0 saturated carbocycles. The van der Waals surface area contributed by atoms with Gasteiger partial charge in [-0.15, -0.1) is 0 Å². The number of hydrogen-bond acceptors (Lipinski definition) is 3. The van der Waals surface area contributed by atoms with Crippen molar-refractivity contribution in [3.05, 3.63) is 53.3 Å². The fraction of sp³-hybridized carbons (Fsp3) is 0.444. The maximum Gasteiger partial charge on any atom is 0.254 e. The Labute approximate surface area is 137 Å². The molecule has 2 N–H and O–H groups in total. The highest BCUT2D eigenvalue weighted by atomic mass is 16.1. The van der Waals surface area contributed by atoms with Gasteiger partial charge in [0.15, 0.2) is 0 Å². The van der Waals surface area contributed by atoms with E-state index in [0.29, 0.717) is 12.5 Å². The van der Waals surface area contributed by atoms with Gasteiger partial charge in [0.2, 0.25) is 0 Å². The summed E-state index contributed by atoms with van der Waals surface area (Å²) >= 11 is 0. The van der Waals surface area contributed by atoms with Gasteiger partial charge in [-0.25, -0.2) is 0 Å². The summed E-state index contributed by atoms with van der Waals surface area (Å²) in [6, 6.07) is 10.2. The lowest BCUT2D eigenvalue weighted by molar-refractivity contribution is 0.0941. The first kappa shape index (κ1) is 15.7. The number of rotatable bonds is 7. The number of carbonyl (C=O) groups excluding carboxylic acids is 1. The molecule has 1 aliphatic heterocycles. The minimum absolute atomic E-state index is 0.000313. The fourth-order valence-electron chi connectivity index (χ4n) is 2.82. The summed E-state index contributed by atoms with van der Waals surface area (Å²) in [6.45, 7) is 5.56. The number of hydrogen-bond donors (Lipinski definition) is 2. The van der Waals surface area contributed by atoms with Crippen molar-refractivity contribution in [2.45, 2.75) is 26.3 Å². The van der Waals surface area contributed by atoms with Gasteiger partial charge in [-0.2, -0.15) is 5.10 Å². The molecule has 0 aliphatic carbocycles. The van der Waals surface area contributed by atoms with Crippen molar-refractivity contribution >= 4 is 5.91 Å². The minimum atomic E-state index is -0.000313. The SMILES string of the molecule is CCCc1c(C(=O)NCC2CNC2)cnn1Cc1ccccc1. The van der Waals surface area contributed by atoms with Gasteiger partial charge in [0.25, 0.3) is 5.91 Å². The predicted octanol–water partition coefficient (Wildman–Crippen LogP) is 1.83. The molecule has 5 heteroatoms. The summed E-state index contributed by atoms with van der Waals surface area (Å²) in [5, 5.41) is 10.7. The summed E-state index contributed by atoms with van der Waals surface area (Å²) < 4.78 is 1.96. The van der Waals surface area contributed by atoms with E-state index in [2.05, 4.69) is 34.8 Å². The summed E-state index contributed by atoms with van der Waals surface area (Å²) in [5.41, 5.74) is 2.94. The van der Waals surface area contributed by atoms with E-state index in [9.17, 15) is 4.79 Å². The lowest BCUT2D eigenvalue weighted by atomic mass is 10.0. The Morgan fingerprint density at radius 1 is 1.35 bits per heavy atom. The molecule has 0 bridgehead atoms. The predicted molar refractivity (Wildman–Crippen MR) is 90.5 cm³/mol. The molecule has 0 radical (unpaired) electrons. The molecule has 0 atom stereocenters. The Balaban J connectivity index is 1.73. The van der Waals surface area contributed by atoms with Gasteiger partial charge in [0.1, 0.15) is 0 Å². The number of aromatic nitrogens is 2. The van der Waals surface area contributed by atoms with Crippen LogP contribution in [0.5, 0.6) is 0 Å². The van der Waals surface area contributed by atoms with Crippen LogP contribution in [0.4, 0.5) is 0 Å². The molecule has 23 heavy (non-hydrogen) atoms. The number of carbonyl (C=O) groups is 1. The number of nitrogens with one attached hydrogen (secondary N) is 2. The van der Waals surface area contributed by atoms with Crippen LogP contribution in [0.3, 0.4) is 0 Å². The Hall–Kier alpha value is -2.14. The number of benzene rings is 1. The zero-order valence-electron chi connectivity index (χ0n) is 13.6. The minimum Gasteiger partial charge on any atom is -0.352 e. The second-order valence-electron chi connectivity index (χ2n) is 6.13. The van der Waals surface area contributed by atoms with Crippen LogP contribution in [0.25, 0.3) is 0 Å². The van der Waals surface area contributed by atoms with E-state index < -0.39 is 0 Å². The average molecular weight is 312 g/mol. The van der Waals surface area contributed by atoms with Crippen LogP contribution in [-0.2, 0) is 13.0 Å². The summed E-state index contributed by atoms with van der Waals surface area (Å²) in [6.07, 6.45) is 3.57. The number of amides is 1. The van der Waals surface area contributed by atoms with Crippen molar-refractivity contribution in [2.75, 3.05) is 19.6 Å². The van der Waals surface area contributed by atoms with Crippen LogP contribution in [0.2, 0.25) is 0 Å². The van der Waals surface area contributed by atoms with Gasteiger partial charge in [0.05, 0.1) is 24.0 Å². The first-order valence-corrected chi connectivity index (χ1v) is 8.35. The largest absolute Gasteiger partial charge is 0.352 e. The van der Waals surface area contributed by atoms with E-state index in [1.54, 1.807) is 6.20 Å². The summed E-state index contributed by atoms with van der Waals surface area (Å²) in [5.74, 6) is 0.563. The number of nitrogens with zero attached hydrogens (tertiary/aromatic N) is 2. The van der Waals surface area contributed by atoms with Crippen LogP contribution in [-0.4, -0.2) is 35.3 Å². The second kappa shape index (κ2) is 7.42. The topological polar surface area (TPSA) is 59.0 Å². The molecule has 0 spiro atoms. The molecule has 1 fully saturated rings. The van der Waals surface area contributed by atoms with Crippen molar-refractivity contribution in [3.8, 4) is 0 Å². The molecule has 2 aromatic rings. The van der Waals surface area contributed by atoms with E-state index in [4.69, 9.17) is 0 Å². The van der Waals surface area contributed by atoms with E-state index in [0.717, 1.165) is 43.7 Å². The van der Waals surface area contributed by atoms with Gasteiger partial charge in [-0.1, -0.05) is 43.7 Å². The molecule has 1 saturated heterocycles. The first-order chi connectivity index (χ1) is 11.3. The quantitative estimate of drug-likeness (QED) is 0.820. The van der Waals surface area contributed by atoms with Crippen LogP contribution in [0.1, 0.15) is 35.0 Å². The molecule has 1 aromatic heterocycles.